The Balaban J connectivity index is 2.29. The quantitative estimate of drug-likeness (QED) is 0.737. The first-order valence-corrected chi connectivity index (χ1v) is 5.29. The molecule has 2 amide bonds. The number of piperidine rings is 1. The van der Waals surface area contributed by atoms with E-state index in [9.17, 15) is 9.59 Å². The molecule has 0 aromatic carbocycles. The highest BCUT2D eigenvalue weighted by Crippen LogP contribution is 2.11. The number of hydrogen-bond donors (Lipinski definition) is 1. The molecule has 0 aromatic heterocycles. The van der Waals surface area contributed by atoms with E-state index in [1.807, 2.05) is 6.92 Å². The van der Waals surface area contributed by atoms with Gasteiger partial charge in [-0.2, -0.15) is 0 Å². The molecule has 0 aliphatic carbocycles. The van der Waals surface area contributed by atoms with Crippen LogP contribution in [0.15, 0.2) is 0 Å². The Kier molecular flexibility index (Phi) is 4.39. The minimum Gasteiger partial charge on any atom is -0.453 e. The van der Waals surface area contributed by atoms with Crippen molar-refractivity contribution in [3.63, 3.8) is 0 Å². The third-order valence-corrected chi connectivity index (χ3v) is 2.61. The lowest BCUT2D eigenvalue weighted by Crippen LogP contribution is -2.46. The predicted octanol–water partition coefficient (Wildman–Crippen LogP) is 0.743. The van der Waals surface area contributed by atoms with Crippen LogP contribution in [0.4, 0.5) is 4.79 Å². The van der Waals surface area contributed by atoms with Gasteiger partial charge in [-0.15, -0.1) is 0 Å². The summed E-state index contributed by atoms with van der Waals surface area (Å²) in [5, 5.41) is 2.93. The van der Waals surface area contributed by atoms with E-state index in [2.05, 4.69) is 10.1 Å². The summed E-state index contributed by atoms with van der Waals surface area (Å²) in [6.07, 6.45) is 1.84. The average Bonchev–Trinajstić information content (AvgIpc) is 2.29. The fourth-order valence-corrected chi connectivity index (χ4v) is 1.67. The highest BCUT2D eigenvalue weighted by atomic mass is 16.5. The Hall–Kier alpha value is -1.26. The summed E-state index contributed by atoms with van der Waals surface area (Å²) in [6.45, 7) is 3.14. The van der Waals surface area contributed by atoms with Gasteiger partial charge >= 0.3 is 6.09 Å². The third kappa shape index (κ3) is 3.42. The molecule has 15 heavy (non-hydrogen) atoms. The van der Waals surface area contributed by atoms with Crippen molar-refractivity contribution in [1.29, 1.82) is 0 Å². The minimum absolute atomic E-state index is 0.0755. The van der Waals surface area contributed by atoms with Gasteiger partial charge in [-0.25, -0.2) is 4.79 Å². The highest BCUT2D eigenvalue weighted by molar-refractivity contribution is 5.75. The van der Waals surface area contributed by atoms with Crippen molar-refractivity contribution in [1.82, 2.24) is 10.2 Å². The molecule has 86 valence electrons. The lowest BCUT2D eigenvalue weighted by atomic mass is 10.1. The van der Waals surface area contributed by atoms with E-state index < -0.39 is 0 Å². The molecule has 5 nitrogen and oxygen atoms in total. The molecule has 1 saturated heterocycles. The molecule has 1 aliphatic rings. The summed E-state index contributed by atoms with van der Waals surface area (Å²) in [5.41, 5.74) is 0. The first-order valence-electron chi connectivity index (χ1n) is 5.29. The normalized spacial score (nSPS) is 17.3. The van der Waals surface area contributed by atoms with Crippen LogP contribution in [0.25, 0.3) is 0 Å². The lowest BCUT2D eigenvalue weighted by molar-refractivity contribution is -0.121. The summed E-state index contributed by atoms with van der Waals surface area (Å²) in [7, 11) is 1.38. The maximum atomic E-state index is 11.2. The maximum absolute atomic E-state index is 11.2. The van der Waals surface area contributed by atoms with E-state index in [-0.39, 0.29) is 18.0 Å². The van der Waals surface area contributed by atoms with Crippen LogP contribution >= 0.6 is 0 Å². The van der Waals surface area contributed by atoms with E-state index in [0.29, 0.717) is 19.5 Å². The Bertz CT molecular complexity index is 235. The number of methoxy groups -OCH3 is 1. The molecule has 0 atom stereocenters. The number of likely N-dealkylation sites (tertiary alicyclic amines) is 1. The van der Waals surface area contributed by atoms with Gasteiger partial charge in [0.1, 0.15) is 0 Å². The Labute approximate surface area is 89.8 Å². The molecular formula is C10H18N2O3. The van der Waals surface area contributed by atoms with Gasteiger partial charge in [-0.1, -0.05) is 6.92 Å². The topological polar surface area (TPSA) is 58.6 Å². The van der Waals surface area contributed by atoms with Crippen molar-refractivity contribution in [2.24, 2.45) is 0 Å². The van der Waals surface area contributed by atoms with Gasteiger partial charge in [0.15, 0.2) is 0 Å². The summed E-state index contributed by atoms with van der Waals surface area (Å²) < 4.78 is 4.63. The van der Waals surface area contributed by atoms with Crippen LogP contribution in [0, 0.1) is 0 Å². The van der Waals surface area contributed by atoms with Crippen molar-refractivity contribution in [2.75, 3.05) is 20.2 Å². The van der Waals surface area contributed by atoms with Crippen LogP contribution in [0.5, 0.6) is 0 Å². The third-order valence-electron chi connectivity index (χ3n) is 2.61. The zero-order valence-corrected chi connectivity index (χ0v) is 9.28. The molecule has 0 aromatic rings. The first kappa shape index (κ1) is 11.8. The van der Waals surface area contributed by atoms with Crippen molar-refractivity contribution >= 4 is 12.0 Å². The molecule has 1 rings (SSSR count). The van der Waals surface area contributed by atoms with E-state index in [1.165, 1.54) is 7.11 Å². The largest absolute Gasteiger partial charge is 0.453 e. The molecule has 0 radical (unpaired) electrons. The van der Waals surface area contributed by atoms with Crippen molar-refractivity contribution in [3.05, 3.63) is 0 Å². The van der Waals surface area contributed by atoms with Gasteiger partial charge in [0.2, 0.25) is 5.91 Å². The minimum atomic E-state index is -0.282. The molecule has 1 N–H and O–H groups in total. The van der Waals surface area contributed by atoms with Crippen molar-refractivity contribution in [2.45, 2.75) is 32.2 Å². The van der Waals surface area contributed by atoms with Gasteiger partial charge in [-0.3, -0.25) is 4.79 Å². The van der Waals surface area contributed by atoms with Gasteiger partial charge in [0, 0.05) is 25.6 Å². The van der Waals surface area contributed by atoms with Crippen LogP contribution in [0.1, 0.15) is 26.2 Å². The number of ether oxygens (including phenoxy) is 1. The molecule has 1 heterocycles. The molecule has 1 fully saturated rings. The predicted molar refractivity (Wildman–Crippen MR) is 55.4 cm³/mol. The molecule has 0 saturated carbocycles. The van der Waals surface area contributed by atoms with E-state index in [0.717, 1.165) is 12.8 Å². The first-order chi connectivity index (χ1) is 7.17. The molecule has 5 heteroatoms. The molecule has 0 bridgehead atoms. The second kappa shape index (κ2) is 5.58. The number of amides is 2. The Morgan fingerprint density at radius 1 is 1.40 bits per heavy atom. The van der Waals surface area contributed by atoms with Crippen LogP contribution < -0.4 is 5.32 Å². The molecule has 0 spiro atoms. The second-order valence-corrected chi connectivity index (χ2v) is 3.65. The summed E-state index contributed by atoms with van der Waals surface area (Å²) in [6, 6.07) is 0.207. The van der Waals surface area contributed by atoms with E-state index >= 15 is 0 Å². The Morgan fingerprint density at radius 2 is 2.00 bits per heavy atom. The molecule has 0 unspecified atom stereocenters. The number of carbonyl (C=O) groups is 2. The summed E-state index contributed by atoms with van der Waals surface area (Å²) >= 11 is 0. The van der Waals surface area contributed by atoms with Gasteiger partial charge < -0.3 is 15.0 Å². The monoisotopic (exact) mass is 214 g/mol. The SMILES string of the molecule is CCC(=O)NC1CCN(C(=O)OC)CC1. The zero-order valence-electron chi connectivity index (χ0n) is 9.28. The number of nitrogens with zero attached hydrogens (tertiary/aromatic N) is 1. The molecule has 1 aliphatic heterocycles. The van der Waals surface area contributed by atoms with E-state index in [1.54, 1.807) is 4.90 Å². The van der Waals surface area contributed by atoms with Gasteiger partial charge in [0.05, 0.1) is 7.11 Å². The standard InChI is InChI=1S/C10H18N2O3/c1-3-9(13)11-8-4-6-12(7-5-8)10(14)15-2/h8H,3-7H2,1-2H3,(H,11,13). The number of carbonyl (C=O) groups excluding carboxylic acids is 2. The maximum Gasteiger partial charge on any atom is 0.409 e. The van der Waals surface area contributed by atoms with E-state index in [4.69, 9.17) is 0 Å². The van der Waals surface area contributed by atoms with Gasteiger partial charge in [-0.05, 0) is 12.8 Å². The van der Waals surface area contributed by atoms with Crippen LogP contribution in [-0.2, 0) is 9.53 Å². The van der Waals surface area contributed by atoms with Crippen LogP contribution in [0.2, 0.25) is 0 Å². The zero-order chi connectivity index (χ0) is 11.3. The average molecular weight is 214 g/mol. The summed E-state index contributed by atoms with van der Waals surface area (Å²) in [4.78, 5) is 24.0. The Morgan fingerprint density at radius 3 is 2.47 bits per heavy atom. The number of rotatable bonds is 2. The fraction of sp³-hybridized carbons (Fsp3) is 0.800. The van der Waals surface area contributed by atoms with Crippen molar-refractivity contribution < 1.29 is 14.3 Å². The lowest BCUT2D eigenvalue weighted by Gasteiger charge is -2.31. The smallest absolute Gasteiger partial charge is 0.409 e. The highest BCUT2D eigenvalue weighted by Gasteiger charge is 2.23. The molecular weight excluding hydrogens is 196 g/mol. The number of nitrogens with one attached hydrogen (secondary N) is 1. The van der Waals surface area contributed by atoms with Gasteiger partial charge in [0.25, 0.3) is 0 Å². The summed E-state index contributed by atoms with van der Waals surface area (Å²) in [5.74, 6) is 0.0755. The second-order valence-electron chi connectivity index (χ2n) is 3.65. The fourth-order valence-electron chi connectivity index (χ4n) is 1.67. The van der Waals surface area contributed by atoms with Crippen LogP contribution in [0.3, 0.4) is 0 Å². The van der Waals surface area contributed by atoms with Crippen LogP contribution in [-0.4, -0.2) is 43.1 Å². The van der Waals surface area contributed by atoms with Crippen molar-refractivity contribution in [3.8, 4) is 0 Å². The number of hydrogen-bond acceptors (Lipinski definition) is 3.